The molecule has 0 aliphatic heterocycles. The number of nitrogens with two attached hydrogens (primary N) is 1. The van der Waals surface area contributed by atoms with E-state index in [9.17, 15) is 9.59 Å². The molecule has 2 aromatic rings. The summed E-state index contributed by atoms with van der Waals surface area (Å²) in [6, 6.07) is 10.1. The van der Waals surface area contributed by atoms with Crippen molar-refractivity contribution >= 4 is 29.0 Å². The van der Waals surface area contributed by atoms with Crippen LogP contribution in [0.4, 0.5) is 5.69 Å². The van der Waals surface area contributed by atoms with Gasteiger partial charge in [-0.2, -0.15) is 0 Å². The molecule has 0 bridgehead atoms. The summed E-state index contributed by atoms with van der Waals surface area (Å²) >= 11 is 5.94. The molecule has 2 rings (SSSR count). The Morgan fingerprint density at radius 3 is 2.42 bits per heavy atom. The molecule has 0 aromatic heterocycles. The number of halogens is 1. The Morgan fingerprint density at radius 1 is 1.19 bits per heavy atom. The van der Waals surface area contributed by atoms with Gasteiger partial charge in [0.05, 0.1) is 17.8 Å². The smallest absolute Gasteiger partial charge is 0.342 e. The molecule has 1 atom stereocenters. The zero-order valence-electron chi connectivity index (χ0n) is 15.0. The number of carbonyl (C=O) groups is 2. The molecule has 0 aliphatic rings. The number of anilines is 1. The second-order valence-corrected chi connectivity index (χ2v) is 6.41. The maximum absolute atomic E-state index is 12.3. The van der Waals surface area contributed by atoms with Gasteiger partial charge >= 0.3 is 5.97 Å². The van der Waals surface area contributed by atoms with Crippen molar-refractivity contribution in [1.29, 1.82) is 0 Å². The fourth-order valence-electron chi connectivity index (χ4n) is 2.42. The molecule has 5 nitrogen and oxygen atoms in total. The van der Waals surface area contributed by atoms with Crippen LogP contribution in [0.15, 0.2) is 36.4 Å². The van der Waals surface area contributed by atoms with Crippen LogP contribution in [-0.2, 0) is 4.74 Å². The highest BCUT2D eigenvalue weighted by Crippen LogP contribution is 2.29. The molecular weight excluding hydrogens is 354 g/mol. The van der Waals surface area contributed by atoms with Crippen molar-refractivity contribution in [2.75, 3.05) is 19.5 Å². The van der Waals surface area contributed by atoms with Crippen molar-refractivity contribution in [3.8, 4) is 5.75 Å². The molecule has 2 aromatic carbocycles. The molecule has 26 heavy (non-hydrogen) atoms. The van der Waals surface area contributed by atoms with E-state index < -0.39 is 5.97 Å². The fraction of sp³-hybridized carbons (Fsp3) is 0.300. The van der Waals surface area contributed by atoms with Crippen LogP contribution in [-0.4, -0.2) is 25.5 Å². The van der Waals surface area contributed by atoms with E-state index in [0.717, 1.165) is 6.42 Å². The summed E-state index contributed by atoms with van der Waals surface area (Å²) in [7, 11) is 1.41. The molecule has 0 radical (unpaired) electrons. The van der Waals surface area contributed by atoms with E-state index in [2.05, 4.69) is 13.8 Å². The Hall–Kier alpha value is -2.53. The highest BCUT2D eigenvalue weighted by molar-refractivity contribution is 6.33. The normalized spacial score (nSPS) is 11.7. The number of carbonyl (C=O) groups excluding carboxylic acids is 2. The number of hydrogen-bond donors (Lipinski definition) is 1. The minimum Gasteiger partial charge on any atom is -0.496 e. The van der Waals surface area contributed by atoms with E-state index in [1.54, 1.807) is 12.1 Å². The molecule has 2 N–H and O–H groups in total. The van der Waals surface area contributed by atoms with Gasteiger partial charge in [0, 0.05) is 11.6 Å². The number of benzene rings is 2. The lowest BCUT2D eigenvalue weighted by Crippen LogP contribution is -2.15. The second kappa shape index (κ2) is 8.72. The summed E-state index contributed by atoms with van der Waals surface area (Å²) in [6.45, 7) is 3.87. The Kier molecular flexibility index (Phi) is 6.64. The van der Waals surface area contributed by atoms with Gasteiger partial charge in [0.25, 0.3) is 0 Å². The van der Waals surface area contributed by atoms with Crippen LogP contribution in [0.25, 0.3) is 0 Å². The first-order chi connectivity index (χ1) is 12.4. The van der Waals surface area contributed by atoms with Crippen LogP contribution in [0.3, 0.4) is 0 Å². The lowest BCUT2D eigenvalue weighted by Gasteiger charge is -2.11. The van der Waals surface area contributed by atoms with Gasteiger partial charge in [0.15, 0.2) is 12.4 Å². The quantitative estimate of drug-likeness (QED) is 0.438. The van der Waals surface area contributed by atoms with Gasteiger partial charge in [-0.25, -0.2) is 4.79 Å². The first-order valence-electron chi connectivity index (χ1n) is 8.30. The van der Waals surface area contributed by atoms with Crippen LogP contribution >= 0.6 is 11.6 Å². The van der Waals surface area contributed by atoms with Crippen molar-refractivity contribution < 1.29 is 19.1 Å². The third-order valence-corrected chi connectivity index (χ3v) is 4.61. The van der Waals surface area contributed by atoms with E-state index in [1.807, 2.05) is 12.1 Å². The summed E-state index contributed by atoms with van der Waals surface area (Å²) in [5.41, 5.74) is 7.76. The Labute approximate surface area is 158 Å². The molecule has 0 unspecified atom stereocenters. The molecular formula is C20H22ClNO4. The average molecular weight is 376 g/mol. The van der Waals surface area contributed by atoms with Crippen molar-refractivity contribution in [1.82, 2.24) is 0 Å². The Morgan fingerprint density at radius 2 is 1.85 bits per heavy atom. The number of Topliss-reactive ketones (excluding diaryl/α,β-unsaturated/α-hetero) is 1. The van der Waals surface area contributed by atoms with E-state index >= 15 is 0 Å². The molecule has 0 heterocycles. The van der Waals surface area contributed by atoms with Crippen LogP contribution in [0.2, 0.25) is 5.02 Å². The minimum absolute atomic E-state index is 0.117. The Balaban J connectivity index is 2.05. The number of rotatable bonds is 7. The summed E-state index contributed by atoms with van der Waals surface area (Å²) in [5.74, 6) is -0.315. The number of ketones is 1. The zero-order valence-corrected chi connectivity index (χ0v) is 15.8. The van der Waals surface area contributed by atoms with Gasteiger partial charge in [-0.15, -0.1) is 0 Å². The van der Waals surface area contributed by atoms with Gasteiger partial charge in [-0.05, 0) is 24.0 Å². The Bertz CT molecular complexity index is 802. The third kappa shape index (κ3) is 4.55. The van der Waals surface area contributed by atoms with Crippen molar-refractivity contribution in [2.24, 2.45) is 0 Å². The van der Waals surface area contributed by atoms with Crippen LogP contribution < -0.4 is 10.5 Å². The predicted octanol–water partition coefficient (Wildman–Crippen LogP) is 4.48. The monoisotopic (exact) mass is 375 g/mol. The molecule has 0 saturated carbocycles. The molecule has 0 fully saturated rings. The van der Waals surface area contributed by atoms with E-state index in [0.29, 0.717) is 11.5 Å². The largest absolute Gasteiger partial charge is 0.496 e. The van der Waals surface area contributed by atoms with Crippen molar-refractivity contribution in [3.05, 3.63) is 58.1 Å². The maximum Gasteiger partial charge on any atom is 0.342 e. The first kappa shape index (κ1) is 19.8. The lowest BCUT2D eigenvalue weighted by atomic mass is 9.97. The van der Waals surface area contributed by atoms with E-state index in [-0.39, 0.29) is 34.4 Å². The topological polar surface area (TPSA) is 78.6 Å². The zero-order chi connectivity index (χ0) is 19.3. The van der Waals surface area contributed by atoms with Crippen LogP contribution in [0.1, 0.15) is 52.5 Å². The van der Waals surface area contributed by atoms with Crippen LogP contribution in [0.5, 0.6) is 5.75 Å². The number of ether oxygens (including phenoxy) is 2. The number of esters is 1. The number of nitrogen functional groups attached to an aromatic ring is 1. The standard InChI is InChI=1S/C20H22ClNO4/c1-4-12(2)13-5-7-14(8-6-13)18(23)11-26-20(24)15-9-16(21)17(22)10-19(15)25-3/h5-10,12H,4,11,22H2,1-3H3/t12-/m1/s1. The fourth-order valence-corrected chi connectivity index (χ4v) is 2.59. The molecule has 0 amide bonds. The number of methoxy groups -OCH3 is 1. The first-order valence-corrected chi connectivity index (χ1v) is 8.68. The highest BCUT2D eigenvalue weighted by Gasteiger charge is 2.18. The lowest BCUT2D eigenvalue weighted by molar-refractivity contribution is 0.0471. The van der Waals surface area contributed by atoms with Gasteiger partial charge in [-0.1, -0.05) is 49.7 Å². The predicted molar refractivity (Wildman–Crippen MR) is 102 cm³/mol. The molecule has 0 saturated heterocycles. The summed E-state index contributed by atoms with van der Waals surface area (Å²) in [6.07, 6.45) is 1.02. The molecule has 0 aliphatic carbocycles. The molecule has 138 valence electrons. The van der Waals surface area contributed by atoms with Gasteiger partial charge in [0.2, 0.25) is 0 Å². The van der Waals surface area contributed by atoms with E-state index in [1.165, 1.54) is 24.8 Å². The summed E-state index contributed by atoms with van der Waals surface area (Å²) in [5, 5.41) is 0.213. The summed E-state index contributed by atoms with van der Waals surface area (Å²) in [4.78, 5) is 24.5. The molecule has 6 heteroatoms. The van der Waals surface area contributed by atoms with Gasteiger partial charge in [-0.3, -0.25) is 4.79 Å². The summed E-state index contributed by atoms with van der Waals surface area (Å²) < 4.78 is 10.2. The SMILES string of the molecule is CC[C@@H](C)c1ccc(C(=O)COC(=O)c2cc(Cl)c(N)cc2OC)cc1. The average Bonchev–Trinajstić information content (AvgIpc) is 2.66. The highest BCUT2D eigenvalue weighted by atomic mass is 35.5. The minimum atomic E-state index is -0.701. The van der Waals surface area contributed by atoms with E-state index in [4.69, 9.17) is 26.8 Å². The third-order valence-electron chi connectivity index (χ3n) is 4.29. The van der Waals surface area contributed by atoms with Crippen molar-refractivity contribution in [2.45, 2.75) is 26.2 Å². The van der Waals surface area contributed by atoms with Gasteiger partial charge < -0.3 is 15.2 Å². The van der Waals surface area contributed by atoms with Crippen LogP contribution in [0, 0.1) is 0 Å². The maximum atomic E-state index is 12.3. The second-order valence-electron chi connectivity index (χ2n) is 6.00. The van der Waals surface area contributed by atoms with Gasteiger partial charge in [0.1, 0.15) is 11.3 Å². The molecule has 0 spiro atoms. The number of hydrogen-bond acceptors (Lipinski definition) is 5. The van der Waals surface area contributed by atoms with Crippen molar-refractivity contribution in [3.63, 3.8) is 0 Å².